The van der Waals surface area contributed by atoms with Crippen molar-refractivity contribution in [3.63, 3.8) is 0 Å². The Kier molecular flexibility index (Phi) is 4.33. The average Bonchev–Trinajstić information content (AvgIpc) is 3.23. The number of para-hydroxylation sites is 1. The number of thioether (sulfide) groups is 1. The fourth-order valence-electron chi connectivity index (χ4n) is 4.04. The van der Waals surface area contributed by atoms with Crippen molar-refractivity contribution >= 4 is 46.3 Å². The summed E-state index contributed by atoms with van der Waals surface area (Å²) in [5.74, 6) is -2.11. The Morgan fingerprint density at radius 3 is 2.50 bits per heavy atom. The van der Waals surface area contributed by atoms with Crippen LogP contribution in [0.3, 0.4) is 0 Å². The zero-order valence-corrected chi connectivity index (χ0v) is 16.8. The lowest BCUT2D eigenvalue weighted by Crippen LogP contribution is -2.32. The lowest BCUT2D eigenvalue weighted by molar-refractivity contribution is -0.384. The molecule has 0 aliphatic carbocycles. The summed E-state index contributed by atoms with van der Waals surface area (Å²) in [6.45, 7) is 0. The number of amides is 2. The average molecular weight is 439 g/mol. The van der Waals surface area contributed by atoms with E-state index < -0.39 is 22.0 Å². The number of nitro groups is 1. The second kappa shape index (κ2) is 6.92. The Morgan fingerprint density at radius 2 is 1.77 bits per heavy atom. The molecule has 0 spiro atoms. The van der Waals surface area contributed by atoms with E-state index in [0.29, 0.717) is 21.2 Å². The molecule has 8 nitrogen and oxygen atoms in total. The van der Waals surface area contributed by atoms with Crippen molar-refractivity contribution in [2.75, 3.05) is 4.90 Å². The van der Waals surface area contributed by atoms with Crippen LogP contribution < -0.4 is 9.77 Å². The van der Waals surface area contributed by atoms with Crippen molar-refractivity contribution in [1.29, 1.82) is 0 Å². The number of thiazole rings is 1. The van der Waals surface area contributed by atoms with Crippen molar-refractivity contribution in [1.82, 2.24) is 4.98 Å². The summed E-state index contributed by atoms with van der Waals surface area (Å²) in [4.78, 5) is 53.7. The molecule has 150 valence electrons. The van der Waals surface area contributed by atoms with Crippen LogP contribution in [0.25, 0.3) is 0 Å². The van der Waals surface area contributed by atoms with E-state index >= 15 is 0 Å². The zero-order valence-electron chi connectivity index (χ0n) is 15.2. The molecule has 3 atom stereocenters. The molecule has 5 rings (SSSR count). The summed E-state index contributed by atoms with van der Waals surface area (Å²) >= 11 is 2.15. The van der Waals surface area contributed by atoms with Gasteiger partial charge < -0.3 is 4.98 Å². The van der Waals surface area contributed by atoms with Crippen LogP contribution in [0, 0.1) is 16.0 Å². The number of non-ortho nitro benzene ring substituents is 1. The molecular formula is C20H13N3O5S2. The zero-order chi connectivity index (χ0) is 21.0. The van der Waals surface area contributed by atoms with Crippen LogP contribution >= 0.6 is 23.1 Å². The fraction of sp³-hybridized carbons (Fsp3) is 0.150. The minimum atomic E-state index is -0.760. The molecule has 3 heterocycles. The third-order valence-corrected chi connectivity index (χ3v) is 7.68. The molecule has 0 bridgehead atoms. The molecule has 1 aromatic heterocycles. The van der Waals surface area contributed by atoms with Crippen LogP contribution in [0.4, 0.5) is 11.4 Å². The van der Waals surface area contributed by atoms with Crippen molar-refractivity contribution in [2.45, 2.75) is 16.2 Å². The Morgan fingerprint density at radius 1 is 1.00 bits per heavy atom. The quantitative estimate of drug-likeness (QED) is 0.381. The number of hydrogen-bond donors (Lipinski definition) is 1. The molecule has 0 radical (unpaired) electrons. The number of nitro benzene ring substituents is 1. The maximum Gasteiger partial charge on any atom is 0.305 e. The van der Waals surface area contributed by atoms with Gasteiger partial charge in [0, 0.05) is 22.9 Å². The number of nitrogens with one attached hydrogen (secondary N) is 1. The lowest BCUT2D eigenvalue weighted by atomic mass is 9.83. The SMILES string of the molecule is O=C1C2Sc3[nH]c(=O)sc3C(c3cccc([N+](=O)[O-])c3)C2C(=O)N1c1ccccc1. The highest BCUT2D eigenvalue weighted by Gasteiger charge is 2.56. The predicted octanol–water partition coefficient (Wildman–Crippen LogP) is 3.14. The van der Waals surface area contributed by atoms with Crippen LogP contribution in [0.2, 0.25) is 0 Å². The number of carbonyl (C=O) groups excluding carboxylic acids is 2. The minimum Gasteiger partial charge on any atom is -0.307 e. The van der Waals surface area contributed by atoms with E-state index in [0.717, 1.165) is 11.3 Å². The van der Waals surface area contributed by atoms with Gasteiger partial charge in [0.1, 0.15) is 5.25 Å². The first-order chi connectivity index (χ1) is 14.5. The summed E-state index contributed by atoms with van der Waals surface area (Å²) in [7, 11) is 0. The molecule has 1 saturated heterocycles. The number of imide groups is 1. The van der Waals surface area contributed by atoms with Crippen LogP contribution in [-0.4, -0.2) is 27.0 Å². The number of nitrogens with zero attached hydrogens (tertiary/aromatic N) is 2. The summed E-state index contributed by atoms with van der Waals surface area (Å²) < 4.78 is 0. The second-order valence-electron chi connectivity index (χ2n) is 6.95. The molecule has 1 fully saturated rings. The molecule has 30 heavy (non-hydrogen) atoms. The molecule has 3 aromatic rings. The topological polar surface area (TPSA) is 113 Å². The molecule has 2 aliphatic rings. The van der Waals surface area contributed by atoms with E-state index in [9.17, 15) is 24.5 Å². The molecule has 2 aliphatic heterocycles. The van der Waals surface area contributed by atoms with Crippen molar-refractivity contribution in [3.8, 4) is 0 Å². The summed E-state index contributed by atoms with van der Waals surface area (Å²) in [6, 6.07) is 14.7. The number of H-pyrrole nitrogens is 1. The van der Waals surface area contributed by atoms with E-state index in [1.807, 2.05) is 0 Å². The van der Waals surface area contributed by atoms with Crippen LogP contribution in [0.1, 0.15) is 16.4 Å². The van der Waals surface area contributed by atoms with E-state index in [1.165, 1.54) is 28.8 Å². The Labute approximate surface area is 177 Å². The van der Waals surface area contributed by atoms with E-state index in [-0.39, 0.29) is 22.4 Å². The van der Waals surface area contributed by atoms with Crippen molar-refractivity contribution in [2.24, 2.45) is 5.92 Å². The third kappa shape index (κ3) is 2.79. The number of aromatic amines is 1. The van der Waals surface area contributed by atoms with Crippen LogP contribution in [-0.2, 0) is 9.59 Å². The summed E-state index contributed by atoms with van der Waals surface area (Å²) in [5, 5.41) is 11.1. The molecule has 0 saturated carbocycles. The van der Waals surface area contributed by atoms with Gasteiger partial charge in [-0.3, -0.25) is 24.5 Å². The number of anilines is 1. The molecule has 10 heteroatoms. The number of carbonyl (C=O) groups is 2. The first-order valence-corrected chi connectivity index (χ1v) is 10.7. The largest absolute Gasteiger partial charge is 0.307 e. The van der Waals surface area contributed by atoms with E-state index in [4.69, 9.17) is 0 Å². The van der Waals surface area contributed by atoms with Crippen molar-refractivity contribution in [3.05, 3.63) is 84.8 Å². The standard InChI is InChI=1S/C20H13N3O5S2/c24-18-14-13(10-5-4-8-12(9-10)23(27)28)15-17(21-20(26)30-15)29-16(14)19(25)22(18)11-6-2-1-3-7-11/h1-9,13-14,16H,(H,21,26). The maximum atomic E-state index is 13.4. The molecular weight excluding hydrogens is 426 g/mol. The summed E-state index contributed by atoms with van der Waals surface area (Å²) in [5.41, 5.74) is 0.910. The predicted molar refractivity (Wildman–Crippen MR) is 112 cm³/mol. The summed E-state index contributed by atoms with van der Waals surface area (Å²) in [6.07, 6.45) is 0. The molecule has 2 aromatic carbocycles. The van der Waals surface area contributed by atoms with Gasteiger partial charge in [-0.25, -0.2) is 4.90 Å². The third-order valence-electron chi connectivity index (χ3n) is 5.28. The Bertz CT molecular complexity index is 1250. The molecule has 2 amide bonds. The maximum absolute atomic E-state index is 13.4. The van der Waals surface area contributed by atoms with Gasteiger partial charge >= 0.3 is 4.87 Å². The number of aromatic nitrogens is 1. The Hall–Kier alpha value is -3.24. The van der Waals surface area contributed by atoms with Gasteiger partial charge in [-0.05, 0) is 17.7 Å². The second-order valence-corrected chi connectivity index (χ2v) is 9.12. The van der Waals surface area contributed by atoms with Gasteiger partial charge in [0.15, 0.2) is 0 Å². The van der Waals surface area contributed by atoms with Gasteiger partial charge in [0.2, 0.25) is 11.8 Å². The highest BCUT2D eigenvalue weighted by atomic mass is 32.2. The lowest BCUT2D eigenvalue weighted by Gasteiger charge is -2.29. The van der Waals surface area contributed by atoms with E-state index in [2.05, 4.69) is 4.98 Å². The highest BCUT2D eigenvalue weighted by molar-refractivity contribution is 8.00. The Balaban J connectivity index is 1.67. The number of rotatable bonds is 3. The van der Waals surface area contributed by atoms with Crippen LogP contribution in [0.5, 0.6) is 0 Å². The molecule has 3 unspecified atom stereocenters. The van der Waals surface area contributed by atoms with Crippen molar-refractivity contribution < 1.29 is 14.5 Å². The smallest absolute Gasteiger partial charge is 0.305 e. The minimum absolute atomic E-state index is 0.108. The van der Waals surface area contributed by atoms with Gasteiger partial charge in [0.05, 0.1) is 21.6 Å². The van der Waals surface area contributed by atoms with Gasteiger partial charge in [-0.1, -0.05) is 53.4 Å². The van der Waals surface area contributed by atoms with Gasteiger partial charge in [-0.2, -0.15) is 0 Å². The normalized spacial score (nSPS) is 22.7. The number of benzene rings is 2. The first-order valence-electron chi connectivity index (χ1n) is 9.02. The number of hydrogen-bond acceptors (Lipinski definition) is 7. The van der Waals surface area contributed by atoms with E-state index in [1.54, 1.807) is 42.5 Å². The monoisotopic (exact) mass is 439 g/mol. The van der Waals surface area contributed by atoms with Crippen LogP contribution in [0.15, 0.2) is 64.4 Å². The highest BCUT2D eigenvalue weighted by Crippen LogP contribution is 2.53. The number of fused-ring (bicyclic) bond motifs is 2. The van der Waals surface area contributed by atoms with Gasteiger partial charge in [-0.15, -0.1) is 0 Å². The first kappa shape index (κ1) is 18.8. The van der Waals surface area contributed by atoms with Gasteiger partial charge in [0.25, 0.3) is 5.69 Å². The molecule has 1 N–H and O–H groups in total. The fourth-order valence-corrected chi connectivity index (χ4v) is 6.55.